The normalized spacial score (nSPS) is 15.4. The first-order chi connectivity index (χ1) is 11.2. The van der Waals surface area contributed by atoms with Gasteiger partial charge in [-0.05, 0) is 36.6 Å². The van der Waals surface area contributed by atoms with E-state index >= 15 is 0 Å². The van der Waals surface area contributed by atoms with Gasteiger partial charge in [-0.3, -0.25) is 0 Å². The largest absolute Gasteiger partial charge is 0.370 e. The number of nitrogens with zero attached hydrogens (tertiary/aromatic N) is 1. The summed E-state index contributed by atoms with van der Waals surface area (Å²) < 4.78 is 0. The van der Waals surface area contributed by atoms with Crippen molar-refractivity contribution < 1.29 is 0 Å². The number of aromatic amines is 1. The van der Waals surface area contributed by atoms with Crippen LogP contribution in [0.2, 0.25) is 5.02 Å². The molecule has 1 N–H and O–H groups in total. The van der Waals surface area contributed by atoms with Crippen molar-refractivity contribution in [1.82, 2.24) is 4.98 Å². The van der Waals surface area contributed by atoms with Crippen molar-refractivity contribution in [3.8, 4) is 11.3 Å². The standard InChI is InChI=1S/C20H21ClN2/c1-23(17-9-5-6-10-17)19-13-16(21)11-15-12-18(22-20(15)19)14-7-3-2-4-8-14/h2-4,7-8,11-13,17,22H,5-6,9-10H2,1H3. The maximum Gasteiger partial charge on any atom is 0.0697 e. The molecule has 0 radical (unpaired) electrons. The van der Waals surface area contributed by atoms with Crippen LogP contribution in [0.15, 0.2) is 48.5 Å². The Bertz CT molecular complexity index is 816. The number of anilines is 1. The summed E-state index contributed by atoms with van der Waals surface area (Å²) >= 11 is 6.39. The molecule has 3 aromatic rings. The van der Waals surface area contributed by atoms with Crippen LogP contribution in [0, 0.1) is 0 Å². The molecule has 4 rings (SSSR count). The van der Waals surface area contributed by atoms with E-state index < -0.39 is 0 Å². The fourth-order valence-corrected chi connectivity index (χ4v) is 3.95. The zero-order chi connectivity index (χ0) is 15.8. The average Bonchev–Trinajstić information content (AvgIpc) is 3.23. The lowest BCUT2D eigenvalue weighted by Crippen LogP contribution is -2.28. The Balaban J connectivity index is 1.82. The van der Waals surface area contributed by atoms with Crippen LogP contribution in [0.1, 0.15) is 25.7 Å². The Morgan fingerprint density at radius 3 is 2.52 bits per heavy atom. The van der Waals surface area contributed by atoms with Gasteiger partial charge in [-0.25, -0.2) is 0 Å². The number of hydrogen-bond donors (Lipinski definition) is 1. The molecular weight excluding hydrogens is 304 g/mol. The predicted octanol–water partition coefficient (Wildman–Crippen LogP) is 5.87. The molecule has 1 aromatic heterocycles. The number of rotatable bonds is 3. The minimum Gasteiger partial charge on any atom is -0.370 e. The molecule has 1 fully saturated rings. The average molecular weight is 325 g/mol. The Morgan fingerprint density at radius 1 is 1.04 bits per heavy atom. The third kappa shape index (κ3) is 2.72. The van der Waals surface area contributed by atoms with Crippen molar-refractivity contribution in [2.24, 2.45) is 0 Å². The van der Waals surface area contributed by atoms with Crippen molar-refractivity contribution in [3.05, 3.63) is 53.6 Å². The van der Waals surface area contributed by atoms with Gasteiger partial charge in [0.15, 0.2) is 0 Å². The van der Waals surface area contributed by atoms with Gasteiger partial charge >= 0.3 is 0 Å². The van der Waals surface area contributed by atoms with Gasteiger partial charge in [0.1, 0.15) is 0 Å². The zero-order valence-corrected chi connectivity index (χ0v) is 14.1. The Morgan fingerprint density at radius 2 is 1.78 bits per heavy atom. The SMILES string of the molecule is CN(c1cc(Cl)cc2cc(-c3ccccc3)[nH]c12)C1CCCC1. The van der Waals surface area contributed by atoms with Crippen molar-refractivity contribution in [3.63, 3.8) is 0 Å². The lowest BCUT2D eigenvalue weighted by atomic mass is 10.1. The highest BCUT2D eigenvalue weighted by Crippen LogP contribution is 2.36. The van der Waals surface area contributed by atoms with Gasteiger partial charge in [-0.2, -0.15) is 0 Å². The smallest absolute Gasteiger partial charge is 0.0697 e. The zero-order valence-electron chi connectivity index (χ0n) is 13.3. The molecule has 0 amide bonds. The van der Waals surface area contributed by atoms with Crippen LogP contribution < -0.4 is 4.90 Å². The topological polar surface area (TPSA) is 19.0 Å². The summed E-state index contributed by atoms with van der Waals surface area (Å²) in [7, 11) is 2.20. The molecule has 118 valence electrons. The number of halogens is 1. The van der Waals surface area contributed by atoms with E-state index in [9.17, 15) is 0 Å². The summed E-state index contributed by atoms with van der Waals surface area (Å²) in [5.74, 6) is 0. The molecule has 1 aliphatic carbocycles. The van der Waals surface area contributed by atoms with Crippen LogP contribution in [0.5, 0.6) is 0 Å². The molecule has 1 heterocycles. The fourth-order valence-electron chi connectivity index (χ4n) is 3.73. The molecule has 2 aromatic carbocycles. The van der Waals surface area contributed by atoms with Gasteiger partial charge in [0, 0.05) is 29.2 Å². The molecule has 0 unspecified atom stereocenters. The van der Waals surface area contributed by atoms with Crippen molar-refractivity contribution in [1.29, 1.82) is 0 Å². The molecular formula is C20H21ClN2. The van der Waals surface area contributed by atoms with Crippen molar-refractivity contribution >= 4 is 28.2 Å². The minimum absolute atomic E-state index is 0.625. The van der Waals surface area contributed by atoms with Crippen molar-refractivity contribution in [2.45, 2.75) is 31.7 Å². The number of nitrogens with one attached hydrogen (secondary N) is 1. The van der Waals surface area contributed by atoms with Crippen LogP contribution >= 0.6 is 11.6 Å². The molecule has 0 aliphatic heterocycles. The van der Waals surface area contributed by atoms with Crippen LogP contribution in [-0.2, 0) is 0 Å². The quantitative estimate of drug-likeness (QED) is 0.638. The molecule has 0 spiro atoms. The van der Waals surface area contributed by atoms with E-state index in [-0.39, 0.29) is 0 Å². The molecule has 3 heteroatoms. The highest BCUT2D eigenvalue weighted by Gasteiger charge is 2.22. The summed E-state index contributed by atoms with van der Waals surface area (Å²) in [6.45, 7) is 0. The van der Waals surface area contributed by atoms with Gasteiger partial charge in [0.05, 0.1) is 11.2 Å². The Kier molecular flexibility index (Phi) is 3.78. The van der Waals surface area contributed by atoms with Gasteiger partial charge < -0.3 is 9.88 Å². The lowest BCUT2D eigenvalue weighted by Gasteiger charge is -2.27. The van der Waals surface area contributed by atoms with E-state index in [0.29, 0.717) is 6.04 Å². The summed E-state index contributed by atoms with van der Waals surface area (Å²) in [5.41, 5.74) is 4.74. The summed E-state index contributed by atoms with van der Waals surface area (Å²) in [6, 6.07) is 17.4. The Labute approximate surface area is 142 Å². The van der Waals surface area contributed by atoms with E-state index in [2.05, 4.69) is 53.3 Å². The van der Waals surface area contributed by atoms with Crippen molar-refractivity contribution in [2.75, 3.05) is 11.9 Å². The fraction of sp³-hybridized carbons (Fsp3) is 0.300. The van der Waals surface area contributed by atoms with E-state index in [1.807, 2.05) is 12.1 Å². The first kappa shape index (κ1) is 14.6. The highest BCUT2D eigenvalue weighted by atomic mass is 35.5. The molecule has 1 aliphatic rings. The predicted molar refractivity (Wildman–Crippen MR) is 99.4 cm³/mol. The first-order valence-corrected chi connectivity index (χ1v) is 8.71. The number of H-pyrrole nitrogens is 1. The third-order valence-electron chi connectivity index (χ3n) is 5.01. The number of benzene rings is 2. The van der Waals surface area contributed by atoms with Gasteiger partial charge in [-0.1, -0.05) is 54.8 Å². The van der Waals surface area contributed by atoms with E-state index in [0.717, 1.165) is 10.7 Å². The van der Waals surface area contributed by atoms with Crippen LogP contribution in [0.25, 0.3) is 22.2 Å². The van der Waals surface area contributed by atoms with E-state index in [1.54, 1.807) is 0 Å². The minimum atomic E-state index is 0.625. The second-order valence-electron chi connectivity index (χ2n) is 6.49. The van der Waals surface area contributed by atoms with Gasteiger partial charge in [-0.15, -0.1) is 0 Å². The number of hydrogen-bond acceptors (Lipinski definition) is 1. The summed E-state index contributed by atoms with van der Waals surface area (Å²) in [4.78, 5) is 6.02. The third-order valence-corrected chi connectivity index (χ3v) is 5.23. The molecule has 0 saturated heterocycles. The van der Waals surface area contributed by atoms with Crippen LogP contribution in [-0.4, -0.2) is 18.1 Å². The highest BCUT2D eigenvalue weighted by molar-refractivity contribution is 6.32. The van der Waals surface area contributed by atoms with Gasteiger partial charge in [0.25, 0.3) is 0 Å². The molecule has 0 bridgehead atoms. The second kappa shape index (κ2) is 5.93. The summed E-state index contributed by atoms with van der Waals surface area (Å²) in [6.07, 6.45) is 5.21. The first-order valence-electron chi connectivity index (χ1n) is 8.33. The monoisotopic (exact) mass is 324 g/mol. The summed E-state index contributed by atoms with van der Waals surface area (Å²) in [5, 5.41) is 1.98. The maximum absolute atomic E-state index is 6.39. The molecule has 0 atom stereocenters. The van der Waals surface area contributed by atoms with Crippen LogP contribution in [0.4, 0.5) is 5.69 Å². The molecule has 23 heavy (non-hydrogen) atoms. The second-order valence-corrected chi connectivity index (χ2v) is 6.92. The van der Waals surface area contributed by atoms with E-state index in [1.165, 1.54) is 47.8 Å². The lowest BCUT2D eigenvalue weighted by molar-refractivity contribution is 0.654. The Hall–Kier alpha value is -1.93. The number of fused-ring (bicyclic) bond motifs is 1. The van der Waals surface area contributed by atoms with Crippen LogP contribution in [0.3, 0.4) is 0 Å². The van der Waals surface area contributed by atoms with E-state index in [4.69, 9.17) is 11.6 Å². The molecule has 2 nitrogen and oxygen atoms in total. The number of aromatic nitrogens is 1. The molecule has 1 saturated carbocycles. The van der Waals surface area contributed by atoms with Gasteiger partial charge in [0.2, 0.25) is 0 Å². The maximum atomic E-state index is 6.39.